The van der Waals surface area contributed by atoms with Crippen LogP contribution in [0.1, 0.15) is 18.1 Å². The van der Waals surface area contributed by atoms with Gasteiger partial charge in [0.05, 0.1) is 13.2 Å². The fourth-order valence-corrected chi connectivity index (χ4v) is 1.04. The fourth-order valence-electron chi connectivity index (χ4n) is 1.04. The lowest BCUT2D eigenvalue weighted by Crippen LogP contribution is -1.99. The summed E-state index contributed by atoms with van der Waals surface area (Å²) < 4.78 is 17.8. The second-order valence-corrected chi connectivity index (χ2v) is 2.93. The van der Waals surface area contributed by atoms with Crippen molar-refractivity contribution in [1.82, 2.24) is 0 Å². The molecular formula is C12H11FO3. The number of halogens is 1. The number of carbonyl (C=O) groups is 1. The van der Waals surface area contributed by atoms with Crippen molar-refractivity contribution in [2.24, 2.45) is 0 Å². The van der Waals surface area contributed by atoms with E-state index in [1.807, 2.05) is 0 Å². The molecule has 0 aliphatic carbocycles. The Labute approximate surface area is 92.9 Å². The molecule has 0 atom stereocenters. The van der Waals surface area contributed by atoms with Crippen LogP contribution in [0, 0.1) is 17.7 Å². The van der Waals surface area contributed by atoms with Gasteiger partial charge in [0.2, 0.25) is 0 Å². The van der Waals surface area contributed by atoms with E-state index in [0.29, 0.717) is 5.56 Å². The second-order valence-electron chi connectivity index (χ2n) is 2.93. The van der Waals surface area contributed by atoms with Gasteiger partial charge in [0.25, 0.3) is 0 Å². The lowest BCUT2D eigenvalue weighted by molar-refractivity contribution is -0.136. The first-order valence-corrected chi connectivity index (χ1v) is 4.75. The Hall–Kier alpha value is -1.86. The van der Waals surface area contributed by atoms with Crippen LogP contribution in [0.15, 0.2) is 18.2 Å². The van der Waals surface area contributed by atoms with Gasteiger partial charge in [0, 0.05) is 17.0 Å². The monoisotopic (exact) mass is 222 g/mol. The maximum atomic E-state index is 13.2. The van der Waals surface area contributed by atoms with Crippen molar-refractivity contribution in [1.29, 1.82) is 0 Å². The summed E-state index contributed by atoms with van der Waals surface area (Å²) in [5, 5.41) is 8.75. The summed E-state index contributed by atoms with van der Waals surface area (Å²) in [6.45, 7) is 1.57. The third-order valence-corrected chi connectivity index (χ3v) is 1.81. The number of esters is 1. The molecule has 1 aromatic rings. The van der Waals surface area contributed by atoms with Crippen LogP contribution in [-0.4, -0.2) is 17.7 Å². The predicted octanol–water partition coefficient (Wildman–Crippen LogP) is 1.23. The molecule has 0 heterocycles. The van der Waals surface area contributed by atoms with Gasteiger partial charge in [-0.1, -0.05) is 12.0 Å². The van der Waals surface area contributed by atoms with Crippen molar-refractivity contribution in [3.05, 3.63) is 35.1 Å². The second kappa shape index (κ2) is 5.89. The van der Waals surface area contributed by atoms with Gasteiger partial charge in [-0.25, -0.2) is 9.18 Å². The molecule has 0 saturated heterocycles. The molecule has 16 heavy (non-hydrogen) atoms. The van der Waals surface area contributed by atoms with Gasteiger partial charge < -0.3 is 9.84 Å². The molecule has 0 unspecified atom stereocenters. The van der Waals surface area contributed by atoms with Crippen molar-refractivity contribution in [2.45, 2.75) is 13.5 Å². The number of aliphatic hydroxyl groups excluding tert-OH is 1. The number of benzene rings is 1. The molecule has 84 valence electrons. The van der Waals surface area contributed by atoms with Crippen molar-refractivity contribution < 1.29 is 19.0 Å². The van der Waals surface area contributed by atoms with E-state index in [-0.39, 0.29) is 18.8 Å². The topological polar surface area (TPSA) is 46.5 Å². The minimum atomic E-state index is -0.644. The highest BCUT2D eigenvalue weighted by molar-refractivity contribution is 5.89. The molecule has 1 rings (SSSR count). The zero-order valence-electron chi connectivity index (χ0n) is 8.79. The molecule has 0 saturated carbocycles. The van der Waals surface area contributed by atoms with Gasteiger partial charge in [-0.05, 0) is 19.1 Å². The largest absolute Gasteiger partial charge is 0.456 e. The van der Waals surface area contributed by atoms with E-state index >= 15 is 0 Å². The molecule has 4 heteroatoms. The number of rotatable bonds is 2. The molecule has 0 aromatic heterocycles. The van der Waals surface area contributed by atoms with Crippen LogP contribution in [0.25, 0.3) is 0 Å². The SMILES string of the molecule is CCOC(=O)C#Cc1ccc(CO)c(F)c1. The first-order chi connectivity index (χ1) is 7.67. The minimum absolute atomic E-state index is 0.196. The number of hydrogen-bond donors (Lipinski definition) is 1. The van der Waals surface area contributed by atoms with Crippen LogP contribution in [-0.2, 0) is 16.1 Å². The Kier molecular flexibility index (Phi) is 4.49. The van der Waals surface area contributed by atoms with E-state index in [4.69, 9.17) is 5.11 Å². The number of ether oxygens (including phenoxy) is 1. The number of carbonyl (C=O) groups excluding carboxylic acids is 1. The summed E-state index contributed by atoms with van der Waals surface area (Å²) >= 11 is 0. The van der Waals surface area contributed by atoms with Crippen LogP contribution in [0.2, 0.25) is 0 Å². The Bertz CT molecular complexity index is 443. The van der Waals surface area contributed by atoms with Gasteiger partial charge >= 0.3 is 5.97 Å². The lowest BCUT2D eigenvalue weighted by atomic mass is 10.1. The standard InChI is InChI=1S/C12H11FO3/c1-2-16-12(15)6-4-9-3-5-10(8-14)11(13)7-9/h3,5,7,14H,2,8H2,1H3. The summed E-state index contributed by atoms with van der Waals surface area (Å²) in [4.78, 5) is 10.9. The molecule has 1 N–H and O–H groups in total. The van der Waals surface area contributed by atoms with Gasteiger partial charge in [0.1, 0.15) is 5.82 Å². The molecule has 0 aliphatic rings. The highest BCUT2D eigenvalue weighted by Gasteiger charge is 2.01. The van der Waals surface area contributed by atoms with Crippen LogP contribution >= 0.6 is 0 Å². The zero-order valence-corrected chi connectivity index (χ0v) is 8.79. The Morgan fingerprint density at radius 1 is 1.56 bits per heavy atom. The van der Waals surface area contributed by atoms with Crippen molar-refractivity contribution in [3.8, 4) is 11.8 Å². The van der Waals surface area contributed by atoms with Crippen LogP contribution in [0.5, 0.6) is 0 Å². The minimum Gasteiger partial charge on any atom is -0.456 e. The molecular weight excluding hydrogens is 211 g/mol. The third-order valence-electron chi connectivity index (χ3n) is 1.81. The smallest absolute Gasteiger partial charge is 0.384 e. The molecule has 0 aliphatic heterocycles. The Morgan fingerprint density at radius 3 is 2.88 bits per heavy atom. The molecule has 0 spiro atoms. The average molecular weight is 222 g/mol. The molecule has 0 amide bonds. The van der Waals surface area contributed by atoms with E-state index in [1.54, 1.807) is 6.92 Å². The van der Waals surface area contributed by atoms with Crippen LogP contribution in [0.3, 0.4) is 0 Å². The summed E-state index contributed by atoms with van der Waals surface area (Å²) in [5.74, 6) is 3.51. The first-order valence-electron chi connectivity index (χ1n) is 4.75. The van der Waals surface area contributed by atoms with E-state index < -0.39 is 11.8 Å². The zero-order chi connectivity index (χ0) is 12.0. The molecule has 1 aromatic carbocycles. The molecule has 3 nitrogen and oxygen atoms in total. The quantitative estimate of drug-likeness (QED) is 0.604. The molecule has 0 fully saturated rings. The average Bonchev–Trinajstić information content (AvgIpc) is 2.27. The summed E-state index contributed by atoms with van der Waals surface area (Å²) in [6.07, 6.45) is 0. The predicted molar refractivity (Wildman–Crippen MR) is 55.8 cm³/mol. The summed E-state index contributed by atoms with van der Waals surface area (Å²) in [7, 11) is 0. The van der Waals surface area contributed by atoms with Crippen molar-refractivity contribution in [3.63, 3.8) is 0 Å². The maximum absolute atomic E-state index is 13.2. The van der Waals surface area contributed by atoms with Gasteiger partial charge in [-0.3, -0.25) is 0 Å². The number of hydrogen-bond acceptors (Lipinski definition) is 3. The highest BCUT2D eigenvalue weighted by Crippen LogP contribution is 2.09. The van der Waals surface area contributed by atoms with Gasteiger partial charge in [-0.2, -0.15) is 0 Å². The number of aliphatic hydroxyl groups is 1. The van der Waals surface area contributed by atoms with Gasteiger partial charge in [0.15, 0.2) is 0 Å². The fraction of sp³-hybridized carbons (Fsp3) is 0.250. The third kappa shape index (κ3) is 3.37. The van der Waals surface area contributed by atoms with Crippen molar-refractivity contribution in [2.75, 3.05) is 6.61 Å². The Morgan fingerprint density at radius 2 is 2.31 bits per heavy atom. The summed E-state index contributed by atoms with van der Waals surface area (Å²) in [6, 6.07) is 4.11. The van der Waals surface area contributed by atoms with Crippen LogP contribution in [0.4, 0.5) is 4.39 Å². The lowest BCUT2D eigenvalue weighted by Gasteiger charge is -1.98. The normalized spacial score (nSPS) is 9.19. The van der Waals surface area contributed by atoms with E-state index in [9.17, 15) is 9.18 Å². The van der Waals surface area contributed by atoms with E-state index in [2.05, 4.69) is 16.6 Å². The maximum Gasteiger partial charge on any atom is 0.384 e. The molecule has 0 bridgehead atoms. The van der Waals surface area contributed by atoms with Gasteiger partial charge in [-0.15, -0.1) is 0 Å². The highest BCUT2D eigenvalue weighted by atomic mass is 19.1. The van der Waals surface area contributed by atoms with E-state index in [0.717, 1.165) is 6.07 Å². The first kappa shape index (κ1) is 12.2. The Balaban J connectivity index is 2.82. The van der Waals surface area contributed by atoms with Crippen LogP contribution < -0.4 is 0 Å². The van der Waals surface area contributed by atoms with Crippen molar-refractivity contribution >= 4 is 5.97 Å². The molecule has 0 radical (unpaired) electrons. The summed E-state index contributed by atoms with van der Waals surface area (Å²) in [5.41, 5.74) is 0.560. The van der Waals surface area contributed by atoms with E-state index in [1.165, 1.54) is 12.1 Å².